The molecule has 0 aromatic heterocycles. The molecule has 3 nitrogen and oxygen atoms in total. The highest BCUT2D eigenvalue weighted by atomic mass is 32.1. The largest absolute Gasteiger partial charge is 0.392 e. The van der Waals surface area contributed by atoms with E-state index in [1.165, 1.54) is 11.1 Å². The summed E-state index contributed by atoms with van der Waals surface area (Å²) in [5.41, 5.74) is 8.13. The summed E-state index contributed by atoms with van der Waals surface area (Å²) in [7, 11) is 0. The topological polar surface area (TPSA) is 46.3 Å². The van der Waals surface area contributed by atoms with Crippen molar-refractivity contribution in [1.29, 1.82) is 0 Å². The molecule has 4 heteroatoms. The standard InChI is InChI=1S/C15H20N2OS/c1-11-4-6-12(7-5-11)8-9-14(18)17-10-2-3-13(17)15(16)19/h4-7,13H,2-3,8-10H2,1H3,(H2,16,19). The molecular weight excluding hydrogens is 256 g/mol. The second-order valence-corrected chi connectivity index (χ2v) is 5.60. The zero-order valence-electron chi connectivity index (χ0n) is 11.3. The van der Waals surface area contributed by atoms with Crippen molar-refractivity contribution in [3.8, 4) is 0 Å². The van der Waals surface area contributed by atoms with Gasteiger partial charge in [-0.15, -0.1) is 0 Å². The average molecular weight is 276 g/mol. The third kappa shape index (κ3) is 3.53. The number of thiocarbonyl (C=S) groups is 1. The van der Waals surface area contributed by atoms with Crippen molar-refractivity contribution in [2.45, 2.75) is 38.6 Å². The number of amides is 1. The lowest BCUT2D eigenvalue weighted by Gasteiger charge is -2.23. The quantitative estimate of drug-likeness (QED) is 0.858. The van der Waals surface area contributed by atoms with Crippen LogP contribution in [0.15, 0.2) is 24.3 Å². The van der Waals surface area contributed by atoms with Gasteiger partial charge < -0.3 is 10.6 Å². The van der Waals surface area contributed by atoms with Gasteiger partial charge >= 0.3 is 0 Å². The number of nitrogens with zero attached hydrogens (tertiary/aromatic N) is 1. The highest BCUT2D eigenvalue weighted by Gasteiger charge is 2.29. The van der Waals surface area contributed by atoms with E-state index in [1.54, 1.807) is 0 Å². The van der Waals surface area contributed by atoms with E-state index in [0.717, 1.165) is 25.8 Å². The fourth-order valence-electron chi connectivity index (χ4n) is 2.51. The number of likely N-dealkylation sites (tertiary alicyclic amines) is 1. The van der Waals surface area contributed by atoms with Crippen LogP contribution in [0.1, 0.15) is 30.4 Å². The highest BCUT2D eigenvalue weighted by Crippen LogP contribution is 2.19. The first kappa shape index (κ1) is 14.0. The van der Waals surface area contributed by atoms with Crippen molar-refractivity contribution in [3.63, 3.8) is 0 Å². The monoisotopic (exact) mass is 276 g/mol. The maximum atomic E-state index is 12.2. The smallest absolute Gasteiger partial charge is 0.223 e. The SMILES string of the molecule is Cc1ccc(CCC(=O)N2CCCC2C(N)=S)cc1. The Bertz CT molecular complexity index is 470. The summed E-state index contributed by atoms with van der Waals surface area (Å²) in [6, 6.07) is 8.29. The van der Waals surface area contributed by atoms with Gasteiger partial charge in [-0.05, 0) is 31.7 Å². The Morgan fingerprint density at radius 2 is 2.11 bits per heavy atom. The molecule has 19 heavy (non-hydrogen) atoms. The minimum Gasteiger partial charge on any atom is -0.392 e. The molecule has 0 saturated carbocycles. The van der Waals surface area contributed by atoms with E-state index < -0.39 is 0 Å². The molecule has 1 fully saturated rings. The van der Waals surface area contributed by atoms with Crippen LogP contribution < -0.4 is 5.73 Å². The van der Waals surface area contributed by atoms with Gasteiger partial charge in [0.1, 0.15) is 0 Å². The van der Waals surface area contributed by atoms with Crippen LogP contribution in [0.2, 0.25) is 0 Å². The van der Waals surface area contributed by atoms with Crippen LogP contribution in [-0.2, 0) is 11.2 Å². The molecule has 1 unspecified atom stereocenters. The number of carbonyl (C=O) groups excluding carboxylic acids is 1. The van der Waals surface area contributed by atoms with Crippen LogP contribution in [0.4, 0.5) is 0 Å². The Kier molecular flexibility index (Phi) is 4.53. The number of aryl methyl sites for hydroxylation is 2. The van der Waals surface area contributed by atoms with Crippen molar-refractivity contribution in [3.05, 3.63) is 35.4 Å². The molecule has 0 spiro atoms. The van der Waals surface area contributed by atoms with E-state index in [0.29, 0.717) is 11.4 Å². The molecule has 2 rings (SSSR count). The molecule has 1 atom stereocenters. The first-order valence-corrected chi connectivity index (χ1v) is 7.13. The molecule has 0 radical (unpaired) electrons. The zero-order valence-corrected chi connectivity index (χ0v) is 12.1. The predicted molar refractivity (Wildman–Crippen MR) is 81.0 cm³/mol. The van der Waals surface area contributed by atoms with E-state index >= 15 is 0 Å². The number of hydrogen-bond acceptors (Lipinski definition) is 2. The third-order valence-electron chi connectivity index (χ3n) is 3.65. The fraction of sp³-hybridized carbons (Fsp3) is 0.467. The zero-order chi connectivity index (χ0) is 13.8. The van der Waals surface area contributed by atoms with E-state index in [-0.39, 0.29) is 11.9 Å². The molecule has 2 N–H and O–H groups in total. The molecule has 1 aliphatic rings. The normalized spacial score (nSPS) is 18.6. The van der Waals surface area contributed by atoms with Gasteiger partial charge in [0.25, 0.3) is 0 Å². The van der Waals surface area contributed by atoms with Crippen LogP contribution >= 0.6 is 12.2 Å². The van der Waals surface area contributed by atoms with Crippen LogP contribution in [0.3, 0.4) is 0 Å². The summed E-state index contributed by atoms with van der Waals surface area (Å²) in [6.07, 6.45) is 3.21. The molecule has 1 aromatic rings. The lowest BCUT2D eigenvalue weighted by Crippen LogP contribution is -2.42. The van der Waals surface area contributed by atoms with E-state index in [4.69, 9.17) is 18.0 Å². The van der Waals surface area contributed by atoms with Gasteiger partial charge in [-0.3, -0.25) is 4.79 Å². The number of hydrogen-bond donors (Lipinski definition) is 1. The van der Waals surface area contributed by atoms with Crippen molar-refractivity contribution < 1.29 is 4.79 Å². The number of benzene rings is 1. The molecule has 1 heterocycles. The second kappa shape index (κ2) is 6.15. The molecule has 1 aliphatic heterocycles. The van der Waals surface area contributed by atoms with Gasteiger partial charge in [0, 0.05) is 13.0 Å². The Balaban J connectivity index is 1.90. The van der Waals surface area contributed by atoms with Crippen LogP contribution in [0, 0.1) is 6.92 Å². The first-order chi connectivity index (χ1) is 9.08. The van der Waals surface area contributed by atoms with Crippen LogP contribution in [0.25, 0.3) is 0 Å². The van der Waals surface area contributed by atoms with Gasteiger partial charge in [0.15, 0.2) is 0 Å². The van der Waals surface area contributed by atoms with Crippen LogP contribution in [0.5, 0.6) is 0 Å². The minimum absolute atomic E-state index is 0.0273. The highest BCUT2D eigenvalue weighted by molar-refractivity contribution is 7.80. The van der Waals surface area contributed by atoms with Crippen molar-refractivity contribution in [2.24, 2.45) is 5.73 Å². The van der Waals surface area contributed by atoms with E-state index in [2.05, 4.69) is 31.2 Å². The second-order valence-electron chi connectivity index (χ2n) is 5.13. The molecule has 1 amide bonds. The summed E-state index contributed by atoms with van der Waals surface area (Å²) in [5.74, 6) is 0.163. The number of nitrogens with two attached hydrogens (primary N) is 1. The lowest BCUT2D eigenvalue weighted by molar-refractivity contribution is -0.130. The average Bonchev–Trinajstić information content (AvgIpc) is 2.87. The fourth-order valence-corrected chi connectivity index (χ4v) is 2.76. The number of carbonyl (C=O) groups is 1. The lowest BCUT2D eigenvalue weighted by atomic mass is 10.1. The minimum atomic E-state index is -0.0273. The Hall–Kier alpha value is -1.42. The Morgan fingerprint density at radius 1 is 1.42 bits per heavy atom. The summed E-state index contributed by atoms with van der Waals surface area (Å²) in [4.78, 5) is 14.5. The summed E-state index contributed by atoms with van der Waals surface area (Å²) in [5, 5.41) is 0. The van der Waals surface area contributed by atoms with Crippen LogP contribution in [-0.4, -0.2) is 28.4 Å². The van der Waals surface area contributed by atoms with E-state index in [1.807, 2.05) is 4.90 Å². The molecule has 1 aromatic carbocycles. The Morgan fingerprint density at radius 3 is 2.74 bits per heavy atom. The maximum Gasteiger partial charge on any atom is 0.223 e. The number of rotatable bonds is 4. The third-order valence-corrected chi connectivity index (χ3v) is 3.92. The Labute approximate surface area is 119 Å². The molecule has 1 saturated heterocycles. The molecule has 0 bridgehead atoms. The first-order valence-electron chi connectivity index (χ1n) is 6.72. The van der Waals surface area contributed by atoms with Gasteiger partial charge in [-0.1, -0.05) is 42.0 Å². The summed E-state index contributed by atoms with van der Waals surface area (Å²) < 4.78 is 0. The van der Waals surface area contributed by atoms with Crippen molar-refractivity contribution >= 4 is 23.1 Å². The molecular formula is C15H20N2OS. The summed E-state index contributed by atoms with van der Waals surface area (Å²) in [6.45, 7) is 2.85. The van der Waals surface area contributed by atoms with Gasteiger partial charge in [0.2, 0.25) is 5.91 Å². The van der Waals surface area contributed by atoms with Crippen molar-refractivity contribution in [1.82, 2.24) is 4.90 Å². The van der Waals surface area contributed by atoms with Gasteiger partial charge in [-0.25, -0.2) is 0 Å². The molecule has 102 valence electrons. The predicted octanol–water partition coefficient (Wildman–Crippen LogP) is 2.20. The maximum absolute atomic E-state index is 12.2. The van der Waals surface area contributed by atoms with E-state index in [9.17, 15) is 4.79 Å². The van der Waals surface area contributed by atoms with Crippen molar-refractivity contribution in [2.75, 3.05) is 6.54 Å². The van der Waals surface area contributed by atoms with Gasteiger partial charge in [-0.2, -0.15) is 0 Å². The molecule has 0 aliphatic carbocycles. The van der Waals surface area contributed by atoms with Gasteiger partial charge in [0.05, 0.1) is 11.0 Å². The summed E-state index contributed by atoms with van der Waals surface area (Å²) >= 11 is 5.03.